The van der Waals surface area contributed by atoms with Gasteiger partial charge in [0.25, 0.3) is 0 Å². The van der Waals surface area contributed by atoms with Crippen LogP contribution in [0.5, 0.6) is 0 Å². The lowest BCUT2D eigenvalue weighted by molar-refractivity contribution is 0.976. The summed E-state index contributed by atoms with van der Waals surface area (Å²) in [5.74, 6) is 0. The van der Waals surface area contributed by atoms with Gasteiger partial charge in [0.15, 0.2) is 5.13 Å². The molecule has 0 saturated heterocycles. The zero-order valence-electron chi connectivity index (χ0n) is 10.6. The molecule has 0 amide bonds. The maximum atomic E-state index is 4.65. The molecule has 1 aromatic heterocycles. The molecule has 90 valence electrons. The zero-order chi connectivity index (χ0) is 12.3. The number of thiazole rings is 1. The Morgan fingerprint density at radius 2 is 1.88 bits per heavy atom. The molecule has 1 N–H and O–H groups in total. The van der Waals surface area contributed by atoms with Crippen molar-refractivity contribution in [2.45, 2.75) is 27.2 Å². The van der Waals surface area contributed by atoms with Crippen LogP contribution in [-0.4, -0.2) is 11.5 Å². The highest BCUT2D eigenvalue weighted by atomic mass is 32.1. The van der Waals surface area contributed by atoms with Gasteiger partial charge in [-0.2, -0.15) is 0 Å². The fraction of sp³-hybridized carbons (Fsp3) is 0.357. The summed E-state index contributed by atoms with van der Waals surface area (Å²) in [5.41, 5.74) is 3.59. The Hall–Kier alpha value is -1.35. The van der Waals surface area contributed by atoms with Crippen LogP contribution in [0, 0.1) is 13.8 Å². The molecular weight excluding hydrogens is 228 g/mol. The molecule has 1 aromatic carbocycles. The first kappa shape index (κ1) is 12.1. The minimum atomic E-state index is 0.986. The van der Waals surface area contributed by atoms with Crippen LogP contribution >= 0.6 is 11.3 Å². The minimum Gasteiger partial charge on any atom is -0.362 e. The summed E-state index contributed by atoms with van der Waals surface area (Å²) >= 11 is 1.73. The molecule has 0 fully saturated rings. The third-order valence-electron chi connectivity index (χ3n) is 2.65. The van der Waals surface area contributed by atoms with Crippen molar-refractivity contribution in [1.82, 2.24) is 4.98 Å². The predicted octanol–water partition coefficient (Wildman–Crippen LogP) is 4.25. The van der Waals surface area contributed by atoms with E-state index in [0.29, 0.717) is 0 Å². The summed E-state index contributed by atoms with van der Waals surface area (Å²) in [6.07, 6.45) is 1.12. The topological polar surface area (TPSA) is 24.9 Å². The molecule has 3 heteroatoms. The van der Waals surface area contributed by atoms with E-state index in [2.05, 4.69) is 55.3 Å². The van der Waals surface area contributed by atoms with Gasteiger partial charge in [-0.3, -0.25) is 0 Å². The van der Waals surface area contributed by atoms with E-state index in [-0.39, 0.29) is 0 Å². The molecule has 0 aliphatic rings. The Kier molecular flexibility index (Phi) is 3.79. The van der Waals surface area contributed by atoms with Crippen LogP contribution in [0.4, 0.5) is 5.13 Å². The van der Waals surface area contributed by atoms with Crippen LogP contribution in [0.25, 0.3) is 11.3 Å². The predicted molar refractivity (Wildman–Crippen MR) is 75.8 cm³/mol. The van der Waals surface area contributed by atoms with Crippen molar-refractivity contribution in [2.24, 2.45) is 0 Å². The number of benzene rings is 1. The molecule has 0 spiro atoms. The second-order valence-corrected chi connectivity index (χ2v) is 5.42. The molecule has 0 saturated carbocycles. The molecule has 2 nitrogen and oxygen atoms in total. The molecule has 2 aromatic rings. The minimum absolute atomic E-state index is 0.986. The van der Waals surface area contributed by atoms with Gasteiger partial charge < -0.3 is 5.32 Å². The number of aryl methyl sites for hydroxylation is 2. The number of hydrogen-bond donors (Lipinski definition) is 1. The standard InChI is InChI=1S/C14H18N2S/c1-4-9-15-14-16-13(11(3)17-14)12-7-5-10(2)6-8-12/h5-8H,4,9H2,1-3H3,(H,15,16). The van der Waals surface area contributed by atoms with E-state index in [1.54, 1.807) is 11.3 Å². The second kappa shape index (κ2) is 5.32. The fourth-order valence-corrected chi connectivity index (χ4v) is 2.54. The highest BCUT2D eigenvalue weighted by molar-refractivity contribution is 7.16. The molecule has 0 atom stereocenters. The summed E-state index contributed by atoms with van der Waals surface area (Å²) in [5, 5.41) is 4.37. The van der Waals surface area contributed by atoms with E-state index in [1.165, 1.54) is 16.0 Å². The van der Waals surface area contributed by atoms with Gasteiger partial charge in [0.2, 0.25) is 0 Å². The van der Waals surface area contributed by atoms with Crippen LogP contribution in [0.15, 0.2) is 24.3 Å². The van der Waals surface area contributed by atoms with E-state index >= 15 is 0 Å². The van der Waals surface area contributed by atoms with Crippen LogP contribution in [0.3, 0.4) is 0 Å². The van der Waals surface area contributed by atoms with Crippen LogP contribution in [0.2, 0.25) is 0 Å². The number of anilines is 1. The number of nitrogens with one attached hydrogen (secondary N) is 1. The molecule has 0 bridgehead atoms. The van der Waals surface area contributed by atoms with Gasteiger partial charge in [-0.1, -0.05) is 36.8 Å². The first-order valence-corrected chi connectivity index (χ1v) is 6.80. The Morgan fingerprint density at radius 1 is 1.18 bits per heavy atom. The first-order chi connectivity index (χ1) is 8.20. The summed E-state index contributed by atoms with van der Waals surface area (Å²) < 4.78 is 0. The molecule has 0 unspecified atom stereocenters. The maximum Gasteiger partial charge on any atom is 0.183 e. The number of nitrogens with zero attached hydrogens (tertiary/aromatic N) is 1. The molecule has 0 aliphatic carbocycles. The smallest absolute Gasteiger partial charge is 0.183 e. The van der Waals surface area contributed by atoms with Crippen molar-refractivity contribution in [3.63, 3.8) is 0 Å². The van der Waals surface area contributed by atoms with Crippen molar-refractivity contribution in [3.05, 3.63) is 34.7 Å². The van der Waals surface area contributed by atoms with E-state index < -0.39 is 0 Å². The Labute approximate surface area is 107 Å². The third-order valence-corrected chi connectivity index (χ3v) is 3.58. The van der Waals surface area contributed by atoms with Gasteiger partial charge in [-0.05, 0) is 20.3 Å². The second-order valence-electron chi connectivity index (χ2n) is 4.22. The molecule has 17 heavy (non-hydrogen) atoms. The summed E-state index contributed by atoms with van der Waals surface area (Å²) in [6, 6.07) is 8.54. The van der Waals surface area contributed by atoms with Crippen molar-refractivity contribution < 1.29 is 0 Å². The monoisotopic (exact) mass is 246 g/mol. The van der Waals surface area contributed by atoms with E-state index in [9.17, 15) is 0 Å². The highest BCUT2D eigenvalue weighted by Crippen LogP contribution is 2.30. The molecule has 1 heterocycles. The van der Waals surface area contributed by atoms with E-state index in [0.717, 1.165) is 23.8 Å². The lowest BCUT2D eigenvalue weighted by Crippen LogP contribution is -1.98. The highest BCUT2D eigenvalue weighted by Gasteiger charge is 2.08. The lowest BCUT2D eigenvalue weighted by atomic mass is 10.1. The lowest BCUT2D eigenvalue weighted by Gasteiger charge is -1.99. The van der Waals surface area contributed by atoms with Crippen molar-refractivity contribution in [1.29, 1.82) is 0 Å². The third kappa shape index (κ3) is 2.86. The van der Waals surface area contributed by atoms with Crippen LogP contribution < -0.4 is 5.32 Å². The molecule has 0 aliphatic heterocycles. The number of aromatic nitrogens is 1. The SMILES string of the molecule is CCCNc1nc(-c2ccc(C)cc2)c(C)s1. The maximum absolute atomic E-state index is 4.65. The summed E-state index contributed by atoms with van der Waals surface area (Å²) in [6.45, 7) is 7.38. The van der Waals surface area contributed by atoms with Crippen LogP contribution in [0.1, 0.15) is 23.8 Å². The van der Waals surface area contributed by atoms with Gasteiger partial charge in [0.1, 0.15) is 0 Å². The molecular formula is C14H18N2S. The average molecular weight is 246 g/mol. The Bertz CT molecular complexity index is 485. The van der Waals surface area contributed by atoms with Gasteiger partial charge in [-0.15, -0.1) is 11.3 Å². The first-order valence-electron chi connectivity index (χ1n) is 5.99. The zero-order valence-corrected chi connectivity index (χ0v) is 11.4. The average Bonchev–Trinajstić information content (AvgIpc) is 2.69. The Balaban J connectivity index is 2.26. The normalized spacial score (nSPS) is 10.5. The van der Waals surface area contributed by atoms with Gasteiger partial charge in [0, 0.05) is 17.0 Å². The molecule has 0 radical (unpaired) electrons. The van der Waals surface area contributed by atoms with Crippen molar-refractivity contribution in [3.8, 4) is 11.3 Å². The van der Waals surface area contributed by atoms with Gasteiger partial charge >= 0.3 is 0 Å². The number of rotatable bonds is 4. The fourth-order valence-electron chi connectivity index (χ4n) is 1.68. The van der Waals surface area contributed by atoms with Crippen molar-refractivity contribution >= 4 is 16.5 Å². The van der Waals surface area contributed by atoms with Crippen LogP contribution in [-0.2, 0) is 0 Å². The van der Waals surface area contributed by atoms with Crippen molar-refractivity contribution in [2.75, 3.05) is 11.9 Å². The Morgan fingerprint density at radius 3 is 2.53 bits per heavy atom. The largest absolute Gasteiger partial charge is 0.362 e. The van der Waals surface area contributed by atoms with Gasteiger partial charge in [-0.25, -0.2) is 4.98 Å². The van der Waals surface area contributed by atoms with E-state index in [1.807, 2.05) is 0 Å². The quantitative estimate of drug-likeness (QED) is 0.872. The molecule has 2 rings (SSSR count). The number of hydrogen-bond acceptors (Lipinski definition) is 3. The van der Waals surface area contributed by atoms with Gasteiger partial charge in [0.05, 0.1) is 5.69 Å². The van der Waals surface area contributed by atoms with E-state index in [4.69, 9.17) is 0 Å². The summed E-state index contributed by atoms with van der Waals surface area (Å²) in [7, 11) is 0. The summed E-state index contributed by atoms with van der Waals surface area (Å²) in [4.78, 5) is 5.93.